The fourth-order valence-corrected chi connectivity index (χ4v) is 3.73. The van der Waals surface area contributed by atoms with Crippen molar-refractivity contribution in [1.82, 2.24) is 4.90 Å². The van der Waals surface area contributed by atoms with Gasteiger partial charge in [-0.1, -0.05) is 18.6 Å². The Morgan fingerprint density at radius 1 is 0.826 bits per heavy atom. The van der Waals surface area contributed by atoms with Gasteiger partial charge >= 0.3 is 0 Å². The van der Waals surface area contributed by atoms with Gasteiger partial charge in [0, 0.05) is 26.2 Å². The normalized spacial score (nSPS) is 20.1. The molecule has 0 aliphatic carbocycles. The summed E-state index contributed by atoms with van der Waals surface area (Å²) in [7, 11) is 0. The Kier molecular flexibility index (Phi) is 6.57. The molecule has 0 amide bonds. The highest BCUT2D eigenvalue weighted by Gasteiger charge is 2.33. The summed E-state index contributed by atoms with van der Waals surface area (Å²) in [6, 6.07) is 8.76. The van der Waals surface area contributed by atoms with Crippen molar-refractivity contribution in [3.8, 4) is 0 Å². The van der Waals surface area contributed by atoms with Crippen molar-refractivity contribution < 1.29 is 0 Å². The number of halogens is 2. The molecule has 1 aromatic rings. The zero-order chi connectivity index (χ0) is 14.1. The number of para-hydroxylation sites is 2. The number of anilines is 2. The number of fused-ring (bicyclic) bond motifs is 3. The van der Waals surface area contributed by atoms with Crippen LogP contribution in [0.5, 0.6) is 0 Å². The number of hydrogen-bond donors (Lipinski definition) is 0. The maximum absolute atomic E-state index is 4.80. The second kappa shape index (κ2) is 8.22. The van der Waals surface area contributed by atoms with E-state index in [0.29, 0.717) is 0 Å². The summed E-state index contributed by atoms with van der Waals surface area (Å²) < 4.78 is 0. The molecule has 0 atom stereocenters. The molecule has 1 saturated heterocycles. The fourth-order valence-electron chi connectivity index (χ4n) is 3.73. The molecule has 1 fully saturated rings. The van der Waals surface area contributed by atoms with E-state index in [1.807, 2.05) is 0 Å². The van der Waals surface area contributed by atoms with Gasteiger partial charge in [-0.25, -0.2) is 0 Å². The molecular weight excluding hydrogens is 331 g/mol. The first kappa shape index (κ1) is 18.4. The maximum Gasteiger partial charge on any atom is 0.205 e. The summed E-state index contributed by atoms with van der Waals surface area (Å²) in [6.07, 6.45) is 5.30. The number of rotatable bonds is 3. The number of benzene rings is 1. The van der Waals surface area contributed by atoms with Crippen molar-refractivity contribution in [3.05, 3.63) is 24.3 Å². The van der Waals surface area contributed by atoms with Crippen molar-refractivity contribution in [1.29, 1.82) is 0 Å². The first-order valence-electron chi connectivity index (χ1n) is 8.34. The van der Waals surface area contributed by atoms with E-state index in [4.69, 9.17) is 4.99 Å². The van der Waals surface area contributed by atoms with Gasteiger partial charge < -0.3 is 14.7 Å². The number of guanidine groups is 1. The number of piperidine rings is 1. The highest BCUT2D eigenvalue weighted by molar-refractivity contribution is 6.16. The van der Waals surface area contributed by atoms with E-state index in [1.165, 1.54) is 49.7 Å². The van der Waals surface area contributed by atoms with Gasteiger partial charge in [-0.3, -0.25) is 4.99 Å². The molecule has 0 radical (unpaired) electrons. The Balaban J connectivity index is 0.000000960. The summed E-state index contributed by atoms with van der Waals surface area (Å²) in [6.45, 7) is 6.83. The molecule has 128 valence electrons. The van der Waals surface area contributed by atoms with Gasteiger partial charge in [0.2, 0.25) is 5.96 Å². The Labute approximate surface area is 151 Å². The minimum absolute atomic E-state index is 0. The third-order valence-corrected chi connectivity index (χ3v) is 4.83. The SMILES string of the molecule is Cl.Cl.c1ccc2c(c1)N1CCCN=C1N2CCN1CCCCC1. The van der Waals surface area contributed by atoms with Crippen LogP contribution < -0.4 is 9.80 Å². The molecule has 0 unspecified atom stereocenters. The third kappa shape index (κ3) is 3.59. The van der Waals surface area contributed by atoms with Crippen LogP contribution in [0.3, 0.4) is 0 Å². The summed E-state index contributed by atoms with van der Waals surface area (Å²) >= 11 is 0. The summed E-state index contributed by atoms with van der Waals surface area (Å²) in [5, 5.41) is 0. The van der Waals surface area contributed by atoms with Crippen LogP contribution in [0.25, 0.3) is 0 Å². The van der Waals surface area contributed by atoms with Crippen molar-refractivity contribution in [2.24, 2.45) is 4.99 Å². The topological polar surface area (TPSA) is 22.1 Å². The van der Waals surface area contributed by atoms with Crippen LogP contribution in [0.4, 0.5) is 11.4 Å². The van der Waals surface area contributed by atoms with Crippen molar-refractivity contribution >= 4 is 42.1 Å². The van der Waals surface area contributed by atoms with Crippen LogP contribution in [0.2, 0.25) is 0 Å². The Hall–Kier alpha value is -0.970. The predicted molar refractivity (Wildman–Crippen MR) is 103 cm³/mol. The third-order valence-electron chi connectivity index (χ3n) is 4.83. The highest BCUT2D eigenvalue weighted by Crippen LogP contribution is 2.37. The molecule has 0 spiro atoms. The van der Waals surface area contributed by atoms with Crippen LogP contribution in [0.15, 0.2) is 29.3 Å². The molecule has 4 rings (SSSR count). The zero-order valence-electron chi connectivity index (χ0n) is 13.5. The van der Waals surface area contributed by atoms with Gasteiger partial charge in [0.1, 0.15) is 0 Å². The summed E-state index contributed by atoms with van der Waals surface area (Å²) in [4.78, 5) is 12.2. The molecule has 0 aromatic heterocycles. The van der Waals surface area contributed by atoms with E-state index in [2.05, 4.69) is 39.0 Å². The molecule has 3 heterocycles. The average Bonchev–Trinajstić information content (AvgIpc) is 2.88. The minimum Gasteiger partial charge on any atom is -0.310 e. The molecule has 0 saturated carbocycles. The summed E-state index contributed by atoms with van der Waals surface area (Å²) in [5.74, 6) is 1.18. The number of likely N-dealkylation sites (tertiary alicyclic amines) is 1. The minimum atomic E-state index is 0. The monoisotopic (exact) mass is 356 g/mol. The van der Waals surface area contributed by atoms with Gasteiger partial charge in [-0.05, 0) is 44.5 Å². The van der Waals surface area contributed by atoms with Crippen molar-refractivity contribution in [2.45, 2.75) is 25.7 Å². The molecule has 4 nitrogen and oxygen atoms in total. The Bertz CT molecular complexity index is 543. The second-order valence-corrected chi connectivity index (χ2v) is 6.23. The number of aliphatic imine (C=N–C) groups is 1. The van der Waals surface area contributed by atoms with Gasteiger partial charge in [0.25, 0.3) is 0 Å². The van der Waals surface area contributed by atoms with Crippen LogP contribution >= 0.6 is 24.8 Å². The smallest absolute Gasteiger partial charge is 0.205 e. The Morgan fingerprint density at radius 2 is 1.57 bits per heavy atom. The lowest BCUT2D eigenvalue weighted by Gasteiger charge is -2.30. The Morgan fingerprint density at radius 3 is 2.35 bits per heavy atom. The average molecular weight is 357 g/mol. The first-order chi connectivity index (χ1) is 10.4. The zero-order valence-corrected chi connectivity index (χ0v) is 15.1. The number of nitrogens with zero attached hydrogens (tertiary/aromatic N) is 4. The van der Waals surface area contributed by atoms with E-state index in [-0.39, 0.29) is 24.8 Å². The van der Waals surface area contributed by atoms with E-state index >= 15 is 0 Å². The molecule has 3 aliphatic rings. The van der Waals surface area contributed by atoms with E-state index in [9.17, 15) is 0 Å². The van der Waals surface area contributed by atoms with Gasteiger partial charge in [0.15, 0.2) is 0 Å². The van der Waals surface area contributed by atoms with Crippen molar-refractivity contribution in [2.75, 3.05) is 49.1 Å². The molecule has 0 bridgehead atoms. The van der Waals surface area contributed by atoms with Crippen LogP contribution in [0.1, 0.15) is 25.7 Å². The quantitative estimate of drug-likeness (QED) is 0.828. The first-order valence-corrected chi connectivity index (χ1v) is 8.34. The lowest BCUT2D eigenvalue weighted by atomic mass is 10.1. The maximum atomic E-state index is 4.80. The van der Waals surface area contributed by atoms with E-state index in [1.54, 1.807) is 0 Å². The standard InChI is InChI=1S/C17H24N4.2ClH/c1-4-10-19(11-5-1)13-14-21-16-8-3-2-7-15(16)20-12-6-9-18-17(20)21;;/h2-3,7-8H,1,4-6,9-14H2;2*1H. The fraction of sp³-hybridized carbons (Fsp3) is 0.588. The second-order valence-electron chi connectivity index (χ2n) is 6.23. The van der Waals surface area contributed by atoms with Gasteiger partial charge in [-0.2, -0.15) is 0 Å². The van der Waals surface area contributed by atoms with Crippen LogP contribution in [0, 0.1) is 0 Å². The lowest BCUT2D eigenvalue weighted by Crippen LogP contribution is -2.45. The highest BCUT2D eigenvalue weighted by atomic mass is 35.5. The predicted octanol–water partition coefficient (Wildman–Crippen LogP) is 3.40. The lowest BCUT2D eigenvalue weighted by molar-refractivity contribution is 0.235. The molecule has 6 heteroatoms. The van der Waals surface area contributed by atoms with Gasteiger partial charge in [-0.15, -0.1) is 24.8 Å². The summed E-state index contributed by atoms with van der Waals surface area (Å²) in [5.41, 5.74) is 2.68. The molecule has 0 N–H and O–H groups in total. The van der Waals surface area contributed by atoms with Crippen LogP contribution in [-0.2, 0) is 0 Å². The molecule has 1 aromatic carbocycles. The molecule has 3 aliphatic heterocycles. The molecular formula is C17H26Cl2N4. The number of hydrogen-bond acceptors (Lipinski definition) is 4. The van der Waals surface area contributed by atoms with Crippen molar-refractivity contribution in [3.63, 3.8) is 0 Å². The van der Waals surface area contributed by atoms with Gasteiger partial charge in [0.05, 0.1) is 11.4 Å². The van der Waals surface area contributed by atoms with E-state index < -0.39 is 0 Å². The molecule has 23 heavy (non-hydrogen) atoms. The van der Waals surface area contributed by atoms with E-state index in [0.717, 1.165) is 32.6 Å². The van der Waals surface area contributed by atoms with Crippen LogP contribution in [-0.4, -0.2) is 50.1 Å². The largest absolute Gasteiger partial charge is 0.310 e.